The third-order valence-electron chi connectivity index (χ3n) is 3.30. The number of ether oxygens (including phenoxy) is 1. The van der Waals surface area contributed by atoms with E-state index in [1.807, 2.05) is 0 Å². The monoisotopic (exact) mass is 470 g/mol. The summed E-state index contributed by atoms with van der Waals surface area (Å²) >= 11 is 4.94. The van der Waals surface area contributed by atoms with Gasteiger partial charge in [0.2, 0.25) is 14.2 Å². The summed E-state index contributed by atoms with van der Waals surface area (Å²) in [7, 11) is 0. The first-order valence-electron chi connectivity index (χ1n) is 6.20. The minimum Gasteiger partial charge on any atom is -0.432 e. The molecule has 0 saturated heterocycles. The van der Waals surface area contributed by atoms with Crippen LogP contribution in [0.5, 0.6) is 0 Å². The van der Waals surface area contributed by atoms with Crippen molar-refractivity contribution in [3.8, 4) is 0 Å². The number of hydrogen-bond donors (Lipinski definition) is 0. The number of benzene rings is 1. The van der Waals surface area contributed by atoms with E-state index in [4.69, 9.17) is 4.74 Å². The highest BCUT2D eigenvalue weighted by atomic mass is 127. The Balaban J connectivity index is 2.33. The average Bonchev–Trinajstić information content (AvgIpc) is 2.64. The Morgan fingerprint density at radius 1 is 1.39 bits per heavy atom. The zero-order valence-electron chi connectivity index (χ0n) is 10.9. The Hall–Kier alpha value is 0.150. The standard InChI is InChI=1S/C14H18I2NO/c1-4-11-7-5-6-8-12(11)13-14(16)17(9(2)15)10(3)18-13/h5-9,13-14H,4H2,1-3H3/q+1/t9?,13-,14-/m0/s1. The Morgan fingerprint density at radius 3 is 2.61 bits per heavy atom. The van der Waals surface area contributed by atoms with Crippen molar-refractivity contribution in [1.82, 2.24) is 0 Å². The molecule has 0 radical (unpaired) electrons. The van der Waals surface area contributed by atoms with E-state index < -0.39 is 0 Å². The minimum absolute atomic E-state index is 0.152. The van der Waals surface area contributed by atoms with Crippen LogP contribution in [0.4, 0.5) is 0 Å². The second-order valence-corrected chi connectivity index (χ2v) is 7.54. The highest BCUT2D eigenvalue weighted by Crippen LogP contribution is 2.36. The highest BCUT2D eigenvalue weighted by Gasteiger charge is 2.43. The van der Waals surface area contributed by atoms with Crippen molar-refractivity contribution >= 4 is 51.1 Å². The summed E-state index contributed by atoms with van der Waals surface area (Å²) in [6.07, 6.45) is 1.21. The van der Waals surface area contributed by atoms with Gasteiger partial charge in [-0.15, -0.1) is 0 Å². The first-order valence-corrected chi connectivity index (χ1v) is 8.69. The number of hydrogen-bond acceptors (Lipinski definition) is 1. The van der Waals surface area contributed by atoms with Crippen LogP contribution in [-0.2, 0) is 11.2 Å². The molecule has 0 aromatic heterocycles. The summed E-state index contributed by atoms with van der Waals surface area (Å²) in [5.74, 6) is 1.03. The molecule has 0 N–H and O–H groups in total. The predicted molar refractivity (Wildman–Crippen MR) is 91.9 cm³/mol. The summed E-state index contributed by atoms with van der Waals surface area (Å²) in [4.78, 5) is 0. The number of halogens is 2. The van der Waals surface area contributed by atoms with E-state index in [9.17, 15) is 0 Å². The van der Waals surface area contributed by atoms with Crippen molar-refractivity contribution in [3.05, 3.63) is 35.4 Å². The second kappa shape index (κ2) is 6.07. The topological polar surface area (TPSA) is 12.2 Å². The molecule has 0 amide bonds. The fraction of sp³-hybridized carbons (Fsp3) is 0.500. The fourth-order valence-electron chi connectivity index (χ4n) is 2.41. The summed E-state index contributed by atoms with van der Waals surface area (Å²) in [5.41, 5.74) is 2.72. The Labute approximate surface area is 136 Å². The number of aryl methyl sites for hydroxylation is 1. The zero-order valence-corrected chi connectivity index (χ0v) is 15.2. The van der Waals surface area contributed by atoms with Crippen LogP contribution in [0.3, 0.4) is 0 Å². The molecule has 1 heterocycles. The van der Waals surface area contributed by atoms with Crippen LogP contribution in [0.25, 0.3) is 0 Å². The molecule has 1 aromatic rings. The van der Waals surface area contributed by atoms with Gasteiger partial charge < -0.3 is 4.74 Å². The van der Waals surface area contributed by atoms with Crippen molar-refractivity contribution in [2.75, 3.05) is 0 Å². The molecule has 3 atom stereocenters. The van der Waals surface area contributed by atoms with Crippen molar-refractivity contribution in [3.63, 3.8) is 0 Å². The molecule has 0 fully saturated rings. The van der Waals surface area contributed by atoms with Gasteiger partial charge in [0, 0.05) is 35.1 Å². The van der Waals surface area contributed by atoms with Crippen molar-refractivity contribution < 1.29 is 9.31 Å². The van der Waals surface area contributed by atoms with Gasteiger partial charge in [-0.3, -0.25) is 0 Å². The van der Waals surface area contributed by atoms with E-state index in [1.54, 1.807) is 0 Å². The summed E-state index contributed by atoms with van der Waals surface area (Å²) < 4.78 is 9.26. The number of rotatable bonds is 3. The molecule has 1 aromatic carbocycles. The Bertz CT molecular complexity index is 471. The highest BCUT2D eigenvalue weighted by molar-refractivity contribution is 14.1. The van der Waals surface area contributed by atoms with E-state index in [2.05, 4.69) is 94.8 Å². The van der Waals surface area contributed by atoms with Crippen LogP contribution < -0.4 is 0 Å². The van der Waals surface area contributed by atoms with Crippen LogP contribution in [0.15, 0.2) is 24.3 Å². The summed E-state index contributed by atoms with van der Waals surface area (Å²) in [6, 6.07) is 8.61. The first kappa shape index (κ1) is 14.6. The van der Waals surface area contributed by atoms with Crippen LogP contribution in [0.2, 0.25) is 0 Å². The molecule has 4 heteroatoms. The lowest BCUT2D eigenvalue weighted by atomic mass is 10.0. The summed E-state index contributed by atoms with van der Waals surface area (Å²) in [6.45, 7) is 6.47. The van der Waals surface area contributed by atoms with Gasteiger partial charge in [0.1, 0.15) is 0 Å². The lowest BCUT2D eigenvalue weighted by Gasteiger charge is -2.15. The van der Waals surface area contributed by atoms with E-state index in [0.717, 1.165) is 12.3 Å². The lowest BCUT2D eigenvalue weighted by molar-refractivity contribution is -0.535. The predicted octanol–water partition coefficient (Wildman–Crippen LogP) is 4.29. The molecule has 2 rings (SSSR count). The van der Waals surface area contributed by atoms with Crippen molar-refractivity contribution in [2.45, 2.75) is 41.4 Å². The van der Waals surface area contributed by atoms with Gasteiger partial charge in [-0.05, 0) is 34.6 Å². The molecule has 1 aliphatic rings. The molecular weight excluding hydrogens is 452 g/mol. The molecule has 0 aliphatic carbocycles. The van der Waals surface area contributed by atoms with E-state index in [0.29, 0.717) is 8.10 Å². The van der Waals surface area contributed by atoms with Crippen molar-refractivity contribution in [2.24, 2.45) is 0 Å². The quantitative estimate of drug-likeness (QED) is 0.278. The van der Waals surface area contributed by atoms with Crippen LogP contribution in [0.1, 0.15) is 38.0 Å². The normalized spacial score (nSPS) is 25.2. The summed E-state index contributed by atoms with van der Waals surface area (Å²) in [5, 5.41) is 0. The molecule has 1 aliphatic heterocycles. The van der Waals surface area contributed by atoms with Crippen LogP contribution in [0, 0.1) is 0 Å². The largest absolute Gasteiger partial charge is 0.432 e. The van der Waals surface area contributed by atoms with E-state index in [1.165, 1.54) is 11.1 Å². The SMILES string of the molecule is CCc1ccccc1[C@@H]1OC(C)=[N+](C(C)I)[C@@H]1I. The molecular formula is C14H18I2NO+. The molecule has 1 unspecified atom stereocenters. The molecule has 2 nitrogen and oxygen atoms in total. The molecule has 0 bridgehead atoms. The van der Waals surface area contributed by atoms with Gasteiger partial charge in [-0.2, -0.15) is 4.58 Å². The average molecular weight is 470 g/mol. The van der Waals surface area contributed by atoms with Gasteiger partial charge >= 0.3 is 5.90 Å². The number of alkyl halides is 2. The van der Waals surface area contributed by atoms with E-state index >= 15 is 0 Å². The smallest absolute Gasteiger partial charge is 0.335 e. The number of nitrogens with zero attached hydrogens (tertiary/aromatic N) is 1. The van der Waals surface area contributed by atoms with Gasteiger partial charge in [-0.1, -0.05) is 31.2 Å². The van der Waals surface area contributed by atoms with E-state index in [-0.39, 0.29) is 6.10 Å². The molecule has 0 spiro atoms. The van der Waals surface area contributed by atoms with Gasteiger partial charge in [-0.25, -0.2) is 0 Å². The van der Waals surface area contributed by atoms with Crippen LogP contribution in [-0.4, -0.2) is 18.6 Å². The Kier molecular flexibility index (Phi) is 4.91. The zero-order chi connectivity index (χ0) is 13.3. The maximum atomic E-state index is 6.11. The van der Waals surface area contributed by atoms with Gasteiger partial charge in [0.25, 0.3) is 0 Å². The fourth-order valence-corrected chi connectivity index (χ4v) is 5.18. The lowest BCUT2D eigenvalue weighted by Crippen LogP contribution is -2.26. The van der Waals surface area contributed by atoms with Gasteiger partial charge in [0.05, 0.1) is 6.92 Å². The Morgan fingerprint density at radius 2 is 2.06 bits per heavy atom. The third-order valence-corrected chi connectivity index (χ3v) is 5.16. The maximum Gasteiger partial charge on any atom is 0.335 e. The van der Waals surface area contributed by atoms with Gasteiger partial charge in [0.15, 0.2) is 0 Å². The minimum atomic E-state index is 0.152. The van der Waals surface area contributed by atoms with Crippen molar-refractivity contribution in [1.29, 1.82) is 0 Å². The third kappa shape index (κ3) is 2.69. The second-order valence-electron chi connectivity index (χ2n) is 4.46. The molecule has 0 saturated carbocycles. The molecule has 98 valence electrons. The molecule has 18 heavy (non-hydrogen) atoms. The maximum absolute atomic E-state index is 6.11. The van der Waals surface area contributed by atoms with Crippen LogP contribution >= 0.6 is 45.2 Å². The first-order chi connectivity index (χ1) is 8.56.